The van der Waals surface area contributed by atoms with Gasteiger partial charge in [-0.1, -0.05) is 31.5 Å². The highest BCUT2D eigenvalue weighted by atomic mass is 16.1. The molecule has 0 saturated heterocycles. The highest BCUT2D eigenvalue weighted by Gasteiger charge is 2.04. The molecule has 0 aromatic heterocycles. The Kier molecular flexibility index (Phi) is 7.56. The molecule has 1 aromatic carbocycles. The van der Waals surface area contributed by atoms with Crippen molar-refractivity contribution in [3.05, 3.63) is 35.9 Å². The summed E-state index contributed by atoms with van der Waals surface area (Å²) < 4.78 is 0. The van der Waals surface area contributed by atoms with E-state index >= 15 is 0 Å². The van der Waals surface area contributed by atoms with E-state index in [0.29, 0.717) is 30.7 Å². The first-order chi connectivity index (χ1) is 9.24. The van der Waals surface area contributed by atoms with Crippen LogP contribution in [0.5, 0.6) is 0 Å². The average molecular weight is 261 g/mol. The summed E-state index contributed by atoms with van der Waals surface area (Å²) in [6, 6.07) is 9.18. The Morgan fingerprint density at radius 2 is 1.68 bits per heavy atom. The largest absolute Gasteiger partial charge is 0.352 e. The van der Waals surface area contributed by atoms with Crippen LogP contribution in [0.3, 0.4) is 0 Å². The van der Waals surface area contributed by atoms with Crippen LogP contribution < -0.4 is 5.32 Å². The summed E-state index contributed by atoms with van der Waals surface area (Å²) in [5.41, 5.74) is 0.682. The maximum Gasteiger partial charge on any atom is 0.251 e. The number of hydrogen-bond acceptors (Lipinski definition) is 2. The molecule has 0 aliphatic carbocycles. The Bertz CT molecular complexity index is 387. The van der Waals surface area contributed by atoms with Gasteiger partial charge in [0.05, 0.1) is 0 Å². The second-order valence-electron chi connectivity index (χ2n) is 4.72. The van der Waals surface area contributed by atoms with Gasteiger partial charge in [0.25, 0.3) is 5.91 Å². The first kappa shape index (κ1) is 15.4. The summed E-state index contributed by atoms with van der Waals surface area (Å²) in [4.78, 5) is 23.1. The topological polar surface area (TPSA) is 46.2 Å². The first-order valence-corrected chi connectivity index (χ1v) is 7.09. The van der Waals surface area contributed by atoms with E-state index in [0.717, 1.165) is 25.7 Å². The molecule has 104 valence electrons. The molecule has 0 radical (unpaired) electrons. The standard InChI is InChI=1S/C16H23NO2/c1-2-3-11-15(18)12-7-8-13-17-16(19)14-9-5-4-6-10-14/h4-6,9-10H,2-3,7-8,11-13H2,1H3,(H,17,19). The van der Waals surface area contributed by atoms with E-state index in [-0.39, 0.29) is 5.91 Å². The van der Waals surface area contributed by atoms with Crippen molar-refractivity contribution in [2.45, 2.75) is 45.4 Å². The van der Waals surface area contributed by atoms with Crippen LogP contribution in [0.4, 0.5) is 0 Å². The SMILES string of the molecule is CCCCC(=O)CCCCNC(=O)c1ccccc1. The number of nitrogens with one attached hydrogen (secondary N) is 1. The van der Waals surface area contributed by atoms with Crippen LogP contribution in [0.2, 0.25) is 0 Å². The van der Waals surface area contributed by atoms with Gasteiger partial charge in [0.15, 0.2) is 0 Å². The van der Waals surface area contributed by atoms with Crippen molar-refractivity contribution in [1.29, 1.82) is 0 Å². The Labute approximate surface area is 115 Å². The molecule has 0 aliphatic heterocycles. The number of rotatable bonds is 9. The second kappa shape index (κ2) is 9.31. The molecule has 0 unspecified atom stereocenters. The molecule has 1 rings (SSSR count). The van der Waals surface area contributed by atoms with E-state index in [1.54, 1.807) is 12.1 Å². The monoisotopic (exact) mass is 261 g/mol. The Morgan fingerprint density at radius 3 is 2.37 bits per heavy atom. The fraction of sp³-hybridized carbons (Fsp3) is 0.500. The molecule has 0 fully saturated rings. The molecule has 1 aromatic rings. The third-order valence-corrected chi connectivity index (χ3v) is 3.01. The van der Waals surface area contributed by atoms with Crippen LogP contribution in [0.15, 0.2) is 30.3 Å². The summed E-state index contributed by atoms with van der Waals surface area (Å²) in [6.45, 7) is 2.72. The number of carbonyl (C=O) groups excluding carboxylic acids is 2. The summed E-state index contributed by atoms with van der Waals surface area (Å²) in [5.74, 6) is 0.300. The summed E-state index contributed by atoms with van der Waals surface area (Å²) in [6.07, 6.45) is 5.12. The van der Waals surface area contributed by atoms with E-state index < -0.39 is 0 Å². The highest BCUT2D eigenvalue weighted by molar-refractivity contribution is 5.94. The Hall–Kier alpha value is -1.64. The minimum absolute atomic E-state index is 0.0436. The van der Waals surface area contributed by atoms with E-state index in [4.69, 9.17) is 0 Å². The fourth-order valence-corrected chi connectivity index (χ4v) is 1.84. The predicted octanol–water partition coefficient (Wildman–Crippen LogP) is 3.35. The van der Waals surface area contributed by atoms with Gasteiger partial charge in [0, 0.05) is 24.9 Å². The molecular weight excluding hydrogens is 238 g/mol. The third-order valence-electron chi connectivity index (χ3n) is 3.01. The van der Waals surface area contributed by atoms with Gasteiger partial charge in [-0.25, -0.2) is 0 Å². The number of carbonyl (C=O) groups is 2. The zero-order valence-electron chi connectivity index (χ0n) is 11.7. The molecule has 0 saturated carbocycles. The predicted molar refractivity (Wildman–Crippen MR) is 77.2 cm³/mol. The maximum atomic E-state index is 11.7. The molecule has 0 aliphatic rings. The number of amides is 1. The van der Waals surface area contributed by atoms with Gasteiger partial charge >= 0.3 is 0 Å². The minimum atomic E-state index is -0.0436. The van der Waals surface area contributed by atoms with Crippen molar-refractivity contribution in [2.75, 3.05) is 6.54 Å². The number of benzene rings is 1. The van der Waals surface area contributed by atoms with Crippen molar-refractivity contribution in [2.24, 2.45) is 0 Å². The molecular formula is C16H23NO2. The molecule has 0 bridgehead atoms. The van der Waals surface area contributed by atoms with Gasteiger partial charge in [0.1, 0.15) is 5.78 Å². The molecule has 0 atom stereocenters. The van der Waals surface area contributed by atoms with Crippen molar-refractivity contribution >= 4 is 11.7 Å². The molecule has 0 spiro atoms. The lowest BCUT2D eigenvalue weighted by Gasteiger charge is -2.05. The Morgan fingerprint density at radius 1 is 1.00 bits per heavy atom. The number of unbranched alkanes of at least 4 members (excludes halogenated alkanes) is 2. The molecule has 1 N–H and O–H groups in total. The van der Waals surface area contributed by atoms with Gasteiger partial charge in [-0.05, 0) is 31.4 Å². The van der Waals surface area contributed by atoms with Crippen LogP contribution in [0, 0.1) is 0 Å². The van der Waals surface area contributed by atoms with Crippen LogP contribution in [0.25, 0.3) is 0 Å². The van der Waals surface area contributed by atoms with Gasteiger partial charge in [-0.3, -0.25) is 9.59 Å². The van der Waals surface area contributed by atoms with Crippen molar-refractivity contribution in [3.8, 4) is 0 Å². The minimum Gasteiger partial charge on any atom is -0.352 e. The highest BCUT2D eigenvalue weighted by Crippen LogP contribution is 2.03. The van der Waals surface area contributed by atoms with Crippen LogP contribution in [-0.2, 0) is 4.79 Å². The van der Waals surface area contributed by atoms with Crippen LogP contribution in [0.1, 0.15) is 55.8 Å². The zero-order chi connectivity index (χ0) is 13.9. The summed E-state index contributed by atoms with van der Waals surface area (Å²) in [7, 11) is 0. The molecule has 0 heterocycles. The Balaban J connectivity index is 2.08. The lowest BCUT2D eigenvalue weighted by Crippen LogP contribution is -2.24. The summed E-state index contributed by atoms with van der Waals surface area (Å²) in [5, 5.41) is 2.87. The average Bonchev–Trinajstić information content (AvgIpc) is 2.45. The van der Waals surface area contributed by atoms with Gasteiger partial charge in [0.2, 0.25) is 0 Å². The van der Waals surface area contributed by atoms with Gasteiger partial charge < -0.3 is 5.32 Å². The normalized spacial score (nSPS) is 10.2. The van der Waals surface area contributed by atoms with Gasteiger partial charge in [-0.15, -0.1) is 0 Å². The first-order valence-electron chi connectivity index (χ1n) is 7.09. The number of hydrogen-bond donors (Lipinski definition) is 1. The molecule has 3 nitrogen and oxygen atoms in total. The second-order valence-corrected chi connectivity index (χ2v) is 4.72. The maximum absolute atomic E-state index is 11.7. The molecule has 1 amide bonds. The van der Waals surface area contributed by atoms with Gasteiger partial charge in [-0.2, -0.15) is 0 Å². The number of Topliss-reactive ketones (excluding diaryl/α,β-unsaturated/α-hetero) is 1. The van der Waals surface area contributed by atoms with E-state index in [1.807, 2.05) is 18.2 Å². The molecule has 19 heavy (non-hydrogen) atoms. The van der Waals surface area contributed by atoms with Crippen molar-refractivity contribution in [1.82, 2.24) is 5.32 Å². The van der Waals surface area contributed by atoms with Crippen LogP contribution in [-0.4, -0.2) is 18.2 Å². The lowest BCUT2D eigenvalue weighted by molar-refractivity contribution is -0.119. The van der Waals surface area contributed by atoms with Crippen LogP contribution >= 0.6 is 0 Å². The van der Waals surface area contributed by atoms with Crippen molar-refractivity contribution in [3.63, 3.8) is 0 Å². The third kappa shape index (κ3) is 6.75. The van der Waals surface area contributed by atoms with E-state index in [1.165, 1.54) is 0 Å². The summed E-state index contributed by atoms with van der Waals surface area (Å²) >= 11 is 0. The molecule has 3 heteroatoms. The lowest BCUT2D eigenvalue weighted by atomic mass is 10.1. The van der Waals surface area contributed by atoms with E-state index in [2.05, 4.69) is 12.2 Å². The fourth-order valence-electron chi connectivity index (χ4n) is 1.84. The number of ketones is 1. The van der Waals surface area contributed by atoms with E-state index in [9.17, 15) is 9.59 Å². The smallest absolute Gasteiger partial charge is 0.251 e. The zero-order valence-corrected chi connectivity index (χ0v) is 11.7. The quantitative estimate of drug-likeness (QED) is 0.693. The van der Waals surface area contributed by atoms with Crippen molar-refractivity contribution < 1.29 is 9.59 Å².